The van der Waals surface area contributed by atoms with Gasteiger partial charge in [0, 0.05) is 5.69 Å². The maximum Gasteiger partial charge on any atom is 0.269 e. The third-order valence-corrected chi connectivity index (χ3v) is 6.36. The Morgan fingerprint density at radius 3 is 2.25 bits per heavy atom. The van der Waals surface area contributed by atoms with E-state index >= 15 is 0 Å². The molecule has 0 aliphatic carbocycles. The van der Waals surface area contributed by atoms with Gasteiger partial charge in [0.2, 0.25) is 9.70 Å². The molecule has 0 radical (unpaired) electrons. The summed E-state index contributed by atoms with van der Waals surface area (Å²) in [7, 11) is -4.12. The van der Waals surface area contributed by atoms with Crippen LogP contribution in [0.25, 0.3) is 0 Å². The molecule has 0 saturated carbocycles. The second-order valence-electron chi connectivity index (χ2n) is 5.87. The molecule has 0 spiro atoms. The predicted molar refractivity (Wildman–Crippen MR) is 107 cm³/mol. The fourth-order valence-electron chi connectivity index (χ4n) is 2.63. The number of halogens is 3. The largest absolute Gasteiger partial charge is 0.362 e. The molecule has 2 N–H and O–H groups in total. The summed E-state index contributed by atoms with van der Waals surface area (Å²) >= 11 is 17.8. The third-order valence-electron chi connectivity index (χ3n) is 3.92. The molecule has 3 rings (SSSR count). The van der Waals surface area contributed by atoms with Gasteiger partial charge < -0.3 is 10.6 Å². The van der Waals surface area contributed by atoms with Gasteiger partial charge >= 0.3 is 0 Å². The number of hydrogen-bond donors (Lipinski definition) is 2. The van der Waals surface area contributed by atoms with Gasteiger partial charge in [0.05, 0.1) is 5.56 Å². The first-order valence-corrected chi connectivity index (χ1v) is 10.5. The lowest BCUT2D eigenvalue weighted by Crippen LogP contribution is -2.52. The molecule has 2 aromatic carbocycles. The summed E-state index contributed by atoms with van der Waals surface area (Å²) in [6.07, 6.45) is -1.17. The number of nitrogens with zero attached hydrogens (tertiary/aromatic N) is 1. The number of sulfonamides is 1. The minimum atomic E-state index is -4.12. The van der Waals surface area contributed by atoms with E-state index in [9.17, 15) is 18.0 Å². The predicted octanol–water partition coefficient (Wildman–Crippen LogP) is 2.76. The molecular formula is C17H14Cl3N3O4S. The normalized spacial score (nSPS) is 16.4. The van der Waals surface area contributed by atoms with Crippen molar-refractivity contribution in [2.24, 2.45) is 0 Å². The number of benzene rings is 2. The van der Waals surface area contributed by atoms with E-state index in [-0.39, 0.29) is 10.5 Å². The minimum absolute atomic E-state index is 0.00985. The van der Waals surface area contributed by atoms with E-state index < -0.39 is 38.3 Å². The number of rotatable bonds is 5. The highest BCUT2D eigenvalue weighted by Gasteiger charge is 2.42. The van der Waals surface area contributed by atoms with Crippen molar-refractivity contribution in [3.63, 3.8) is 0 Å². The van der Waals surface area contributed by atoms with Gasteiger partial charge in [-0.3, -0.25) is 9.59 Å². The Labute approximate surface area is 176 Å². The second kappa shape index (κ2) is 7.79. The molecule has 11 heteroatoms. The highest BCUT2D eigenvalue weighted by molar-refractivity contribution is 7.90. The smallest absolute Gasteiger partial charge is 0.269 e. The number of fused-ring (bicyclic) bond motifs is 1. The fraction of sp³-hybridized carbons (Fsp3) is 0.176. The molecule has 0 aromatic heterocycles. The van der Waals surface area contributed by atoms with Crippen LogP contribution < -0.4 is 10.6 Å². The Bertz CT molecular complexity index is 1010. The highest BCUT2D eigenvalue weighted by Crippen LogP contribution is 2.32. The molecule has 1 atom stereocenters. The molecular weight excluding hydrogens is 449 g/mol. The average molecular weight is 463 g/mol. The summed E-state index contributed by atoms with van der Waals surface area (Å²) in [4.78, 5) is 24.7. The monoisotopic (exact) mass is 461 g/mol. The van der Waals surface area contributed by atoms with Gasteiger partial charge in [0.1, 0.15) is 17.6 Å². The minimum Gasteiger partial charge on any atom is -0.362 e. The van der Waals surface area contributed by atoms with Crippen LogP contribution in [0, 0.1) is 0 Å². The summed E-state index contributed by atoms with van der Waals surface area (Å²) in [5, 5.41) is 5.26. The summed E-state index contributed by atoms with van der Waals surface area (Å²) in [6, 6.07) is 14.4. The lowest BCUT2D eigenvalue weighted by molar-refractivity contribution is -0.121. The fourth-order valence-corrected chi connectivity index (χ4v) is 4.48. The second-order valence-corrected chi connectivity index (χ2v) is 10.1. The van der Waals surface area contributed by atoms with E-state index in [1.807, 2.05) is 0 Å². The van der Waals surface area contributed by atoms with E-state index in [2.05, 4.69) is 10.6 Å². The van der Waals surface area contributed by atoms with E-state index in [0.29, 0.717) is 9.99 Å². The summed E-state index contributed by atoms with van der Waals surface area (Å²) in [5.74, 6) is -1.60. The Balaban J connectivity index is 1.76. The lowest BCUT2D eigenvalue weighted by atomic mass is 10.2. The van der Waals surface area contributed by atoms with Crippen molar-refractivity contribution >= 4 is 62.3 Å². The topological polar surface area (TPSA) is 95.6 Å². The van der Waals surface area contributed by atoms with Crippen LogP contribution >= 0.6 is 34.8 Å². The van der Waals surface area contributed by atoms with Crippen molar-refractivity contribution < 1.29 is 18.0 Å². The van der Waals surface area contributed by atoms with Crippen molar-refractivity contribution in [1.82, 2.24) is 9.62 Å². The van der Waals surface area contributed by atoms with E-state index in [0.717, 1.165) is 0 Å². The summed E-state index contributed by atoms with van der Waals surface area (Å²) in [6.45, 7) is -0.746. The zero-order chi connectivity index (χ0) is 20.5. The first-order valence-electron chi connectivity index (χ1n) is 7.94. The van der Waals surface area contributed by atoms with Crippen LogP contribution in [-0.2, 0) is 14.8 Å². The average Bonchev–Trinajstić information content (AvgIpc) is 2.82. The third kappa shape index (κ3) is 4.20. The van der Waals surface area contributed by atoms with E-state index in [1.165, 1.54) is 18.2 Å². The number of nitrogens with one attached hydrogen (secondary N) is 2. The molecule has 0 saturated heterocycles. The van der Waals surface area contributed by atoms with Crippen LogP contribution in [-0.4, -0.2) is 41.0 Å². The van der Waals surface area contributed by atoms with Crippen molar-refractivity contribution in [3.8, 4) is 0 Å². The molecule has 1 aliphatic rings. The van der Waals surface area contributed by atoms with Gasteiger partial charge in [-0.25, -0.2) is 12.7 Å². The van der Waals surface area contributed by atoms with Crippen molar-refractivity contribution in [1.29, 1.82) is 0 Å². The number of anilines is 1. The molecule has 0 unspecified atom stereocenters. The van der Waals surface area contributed by atoms with Gasteiger partial charge in [-0.1, -0.05) is 65.1 Å². The molecule has 7 nitrogen and oxygen atoms in total. The van der Waals surface area contributed by atoms with Crippen LogP contribution in [0.1, 0.15) is 10.4 Å². The van der Waals surface area contributed by atoms with Gasteiger partial charge in [-0.15, -0.1) is 0 Å². The molecule has 1 aliphatic heterocycles. The van der Waals surface area contributed by atoms with Crippen LogP contribution in [0.15, 0.2) is 59.5 Å². The molecule has 1 heterocycles. The molecule has 148 valence electrons. The number of para-hydroxylation sites is 1. The molecule has 28 heavy (non-hydrogen) atoms. The van der Waals surface area contributed by atoms with Crippen LogP contribution in [0.4, 0.5) is 5.69 Å². The zero-order valence-electron chi connectivity index (χ0n) is 14.1. The van der Waals surface area contributed by atoms with Gasteiger partial charge in [0.15, 0.2) is 0 Å². The van der Waals surface area contributed by atoms with Crippen molar-refractivity contribution in [2.75, 3.05) is 11.9 Å². The Morgan fingerprint density at radius 1 is 1.04 bits per heavy atom. The van der Waals surface area contributed by atoms with E-state index in [4.69, 9.17) is 34.8 Å². The maximum absolute atomic E-state index is 12.5. The van der Waals surface area contributed by atoms with Crippen LogP contribution in [0.2, 0.25) is 0 Å². The van der Waals surface area contributed by atoms with Crippen molar-refractivity contribution in [3.05, 3.63) is 60.2 Å². The van der Waals surface area contributed by atoms with E-state index in [1.54, 1.807) is 36.4 Å². The Hall–Kier alpha value is -2.00. The lowest BCUT2D eigenvalue weighted by Gasteiger charge is -2.28. The van der Waals surface area contributed by atoms with Crippen LogP contribution in [0.5, 0.6) is 0 Å². The SMILES string of the molecule is O=C(CN1C(=O)c2ccccc2S1(=O)=O)N[C@@H](Nc1ccccc1)C(Cl)(Cl)Cl. The van der Waals surface area contributed by atoms with Gasteiger partial charge in [-0.2, -0.15) is 0 Å². The zero-order valence-corrected chi connectivity index (χ0v) is 17.2. The van der Waals surface area contributed by atoms with Crippen LogP contribution in [0.3, 0.4) is 0 Å². The highest BCUT2D eigenvalue weighted by atomic mass is 35.6. The number of carbonyl (C=O) groups excluding carboxylic acids is 2. The molecule has 2 aromatic rings. The number of hydrogen-bond acceptors (Lipinski definition) is 5. The first kappa shape index (κ1) is 20.7. The number of alkyl halides is 3. The number of amides is 2. The van der Waals surface area contributed by atoms with Crippen molar-refractivity contribution in [2.45, 2.75) is 14.9 Å². The number of carbonyl (C=O) groups is 2. The maximum atomic E-state index is 12.5. The molecule has 0 bridgehead atoms. The first-order chi connectivity index (χ1) is 13.1. The van der Waals surface area contributed by atoms with Gasteiger partial charge in [0.25, 0.3) is 15.9 Å². The summed E-state index contributed by atoms with van der Waals surface area (Å²) in [5.41, 5.74) is 0.576. The Kier molecular flexibility index (Phi) is 5.77. The molecule has 0 fully saturated rings. The quantitative estimate of drug-likeness (QED) is 0.526. The standard InChI is InChI=1S/C17H14Cl3N3O4S/c18-17(19,20)16(21-11-6-2-1-3-7-11)22-14(24)10-23-15(25)12-8-4-5-9-13(12)28(23,26)27/h1-9,16,21H,10H2,(H,22,24)/t16-/m1/s1. The van der Waals surface area contributed by atoms with Gasteiger partial charge in [-0.05, 0) is 24.3 Å². The Morgan fingerprint density at radius 2 is 1.64 bits per heavy atom. The molecule has 2 amide bonds. The summed E-state index contributed by atoms with van der Waals surface area (Å²) < 4.78 is 23.6.